The van der Waals surface area contributed by atoms with Gasteiger partial charge in [-0.05, 0) is 42.5 Å². The Labute approximate surface area is 166 Å². The van der Waals surface area contributed by atoms with Crippen molar-refractivity contribution >= 4 is 23.3 Å². The van der Waals surface area contributed by atoms with E-state index < -0.39 is 23.4 Å². The van der Waals surface area contributed by atoms with Crippen molar-refractivity contribution in [3.8, 4) is 5.75 Å². The van der Waals surface area contributed by atoms with E-state index in [1.54, 1.807) is 30.3 Å². The summed E-state index contributed by atoms with van der Waals surface area (Å²) < 4.78 is 18.3. The molecule has 0 radical (unpaired) electrons. The van der Waals surface area contributed by atoms with E-state index >= 15 is 0 Å². The van der Waals surface area contributed by atoms with Gasteiger partial charge in [-0.25, -0.2) is 4.39 Å². The lowest BCUT2D eigenvalue weighted by molar-refractivity contribution is -0.119. The van der Waals surface area contributed by atoms with Gasteiger partial charge in [-0.1, -0.05) is 24.3 Å². The maximum atomic E-state index is 13.1. The number of primary amides is 1. The second-order valence-corrected chi connectivity index (χ2v) is 6.12. The molecule has 0 bridgehead atoms. The number of amides is 2. The van der Waals surface area contributed by atoms with Gasteiger partial charge in [-0.2, -0.15) is 0 Å². The molecule has 0 aromatic heterocycles. The van der Waals surface area contributed by atoms with Crippen LogP contribution in [0.5, 0.6) is 5.75 Å². The van der Waals surface area contributed by atoms with E-state index in [4.69, 9.17) is 10.5 Å². The van der Waals surface area contributed by atoms with E-state index in [9.17, 15) is 18.8 Å². The molecule has 0 saturated heterocycles. The topological polar surface area (TPSA) is 98.5 Å². The van der Waals surface area contributed by atoms with Gasteiger partial charge in [0.25, 0.3) is 11.8 Å². The van der Waals surface area contributed by atoms with Gasteiger partial charge < -0.3 is 15.8 Å². The fourth-order valence-electron chi connectivity index (χ4n) is 2.65. The first-order chi connectivity index (χ1) is 13.9. The monoisotopic (exact) mass is 392 g/mol. The van der Waals surface area contributed by atoms with Gasteiger partial charge in [0.2, 0.25) is 0 Å². The Kier molecular flexibility index (Phi) is 5.99. The summed E-state index contributed by atoms with van der Waals surface area (Å²) in [5.74, 6) is -1.60. The summed E-state index contributed by atoms with van der Waals surface area (Å²) in [6.45, 7) is -0.285. The van der Waals surface area contributed by atoms with Crippen LogP contribution in [-0.2, 0) is 4.79 Å². The molecule has 3 rings (SSSR count). The van der Waals surface area contributed by atoms with Gasteiger partial charge in [-0.3, -0.25) is 14.4 Å². The minimum Gasteiger partial charge on any atom is -0.484 e. The van der Waals surface area contributed by atoms with Crippen LogP contribution in [0.4, 0.5) is 10.1 Å². The number of ether oxygens (including phenoxy) is 1. The molecule has 146 valence electrons. The maximum Gasteiger partial charge on any atom is 0.256 e. The fourth-order valence-corrected chi connectivity index (χ4v) is 2.65. The van der Waals surface area contributed by atoms with Gasteiger partial charge in [0.15, 0.2) is 12.4 Å². The molecule has 3 N–H and O–H groups in total. The lowest BCUT2D eigenvalue weighted by Crippen LogP contribution is -2.20. The number of benzene rings is 3. The third kappa shape index (κ3) is 5.04. The van der Waals surface area contributed by atoms with E-state index in [2.05, 4.69) is 5.32 Å². The summed E-state index contributed by atoms with van der Waals surface area (Å²) in [6, 6.07) is 17.9. The van der Waals surface area contributed by atoms with Crippen molar-refractivity contribution in [2.24, 2.45) is 5.73 Å². The zero-order valence-corrected chi connectivity index (χ0v) is 15.2. The quantitative estimate of drug-likeness (QED) is 0.604. The zero-order chi connectivity index (χ0) is 20.8. The molecule has 0 atom stereocenters. The molecule has 0 saturated carbocycles. The summed E-state index contributed by atoms with van der Waals surface area (Å²) >= 11 is 0. The first-order valence-electron chi connectivity index (χ1n) is 8.66. The molecule has 29 heavy (non-hydrogen) atoms. The number of hydrogen-bond donors (Lipinski definition) is 2. The molecule has 7 heteroatoms. The van der Waals surface area contributed by atoms with E-state index in [1.165, 1.54) is 42.5 Å². The molecule has 0 heterocycles. The van der Waals surface area contributed by atoms with Gasteiger partial charge in [0, 0.05) is 22.9 Å². The Morgan fingerprint density at radius 1 is 0.897 bits per heavy atom. The van der Waals surface area contributed by atoms with Crippen LogP contribution >= 0.6 is 0 Å². The Hall–Kier alpha value is -4.00. The highest BCUT2D eigenvalue weighted by Gasteiger charge is 2.18. The smallest absolute Gasteiger partial charge is 0.256 e. The van der Waals surface area contributed by atoms with Crippen LogP contribution in [0.3, 0.4) is 0 Å². The van der Waals surface area contributed by atoms with Gasteiger partial charge >= 0.3 is 0 Å². The Morgan fingerprint density at radius 2 is 1.59 bits per heavy atom. The van der Waals surface area contributed by atoms with E-state index in [1.807, 2.05) is 0 Å². The van der Waals surface area contributed by atoms with Crippen molar-refractivity contribution in [3.63, 3.8) is 0 Å². The van der Waals surface area contributed by atoms with Crippen LogP contribution in [0.15, 0.2) is 72.8 Å². The molecule has 3 aromatic carbocycles. The molecular formula is C22H17FN2O4. The van der Waals surface area contributed by atoms with Crippen molar-refractivity contribution in [2.45, 2.75) is 0 Å². The predicted octanol–water partition coefficient (Wildman–Crippen LogP) is 3.17. The second-order valence-electron chi connectivity index (χ2n) is 6.12. The molecule has 0 fully saturated rings. The molecule has 0 aliphatic rings. The number of carbonyl (C=O) groups excluding carboxylic acids is 3. The van der Waals surface area contributed by atoms with Crippen LogP contribution < -0.4 is 15.8 Å². The van der Waals surface area contributed by atoms with Gasteiger partial charge in [-0.15, -0.1) is 0 Å². The summed E-state index contributed by atoms with van der Waals surface area (Å²) in [5, 5.41) is 2.69. The first kappa shape index (κ1) is 19.8. The molecule has 2 amide bonds. The molecular weight excluding hydrogens is 375 g/mol. The standard InChI is InChI=1S/C22H17FN2O4/c23-15-10-8-14(9-11-15)21(27)18-6-1-2-7-19(18)22(28)25-16-4-3-5-17(12-16)29-13-20(24)26/h1-12H,13H2,(H2,24,26)(H,25,28). The average Bonchev–Trinajstić information content (AvgIpc) is 2.72. The lowest BCUT2D eigenvalue weighted by Gasteiger charge is -2.11. The van der Waals surface area contributed by atoms with E-state index in [0.717, 1.165) is 0 Å². The first-order valence-corrected chi connectivity index (χ1v) is 8.66. The maximum absolute atomic E-state index is 13.1. The summed E-state index contributed by atoms with van der Waals surface area (Å²) in [5.41, 5.74) is 6.10. The minimum atomic E-state index is -0.618. The van der Waals surface area contributed by atoms with Gasteiger partial charge in [0.05, 0.1) is 5.56 Å². The summed E-state index contributed by atoms with van der Waals surface area (Å²) in [6.07, 6.45) is 0. The van der Waals surface area contributed by atoms with Crippen molar-refractivity contribution in [3.05, 3.63) is 95.3 Å². The zero-order valence-electron chi connectivity index (χ0n) is 15.2. The SMILES string of the molecule is NC(=O)COc1cccc(NC(=O)c2ccccc2C(=O)c2ccc(F)cc2)c1. The average molecular weight is 392 g/mol. The highest BCUT2D eigenvalue weighted by molar-refractivity contribution is 6.17. The highest BCUT2D eigenvalue weighted by atomic mass is 19.1. The van der Waals surface area contributed by atoms with Crippen LogP contribution in [-0.4, -0.2) is 24.2 Å². The highest BCUT2D eigenvalue weighted by Crippen LogP contribution is 2.20. The third-order valence-electron chi connectivity index (χ3n) is 4.00. The molecule has 3 aromatic rings. The predicted molar refractivity (Wildman–Crippen MR) is 105 cm³/mol. The third-order valence-corrected chi connectivity index (χ3v) is 4.00. The Balaban J connectivity index is 1.82. The van der Waals surface area contributed by atoms with Crippen LogP contribution in [0, 0.1) is 5.82 Å². The Morgan fingerprint density at radius 3 is 2.28 bits per heavy atom. The number of rotatable bonds is 7. The number of halogens is 1. The van der Waals surface area contributed by atoms with E-state index in [0.29, 0.717) is 11.4 Å². The summed E-state index contributed by atoms with van der Waals surface area (Å²) in [4.78, 5) is 36.4. The molecule has 0 spiro atoms. The van der Waals surface area contributed by atoms with Crippen LogP contribution in [0.1, 0.15) is 26.3 Å². The molecule has 6 nitrogen and oxygen atoms in total. The van der Waals surface area contributed by atoms with Gasteiger partial charge in [0.1, 0.15) is 11.6 Å². The Bertz CT molecular complexity index is 1060. The number of nitrogens with one attached hydrogen (secondary N) is 1. The minimum absolute atomic E-state index is 0.172. The summed E-state index contributed by atoms with van der Waals surface area (Å²) in [7, 11) is 0. The van der Waals surface area contributed by atoms with Crippen molar-refractivity contribution in [1.82, 2.24) is 0 Å². The number of hydrogen-bond acceptors (Lipinski definition) is 4. The van der Waals surface area contributed by atoms with Crippen LogP contribution in [0.2, 0.25) is 0 Å². The molecule has 0 aliphatic carbocycles. The van der Waals surface area contributed by atoms with Crippen molar-refractivity contribution < 1.29 is 23.5 Å². The van der Waals surface area contributed by atoms with Crippen molar-refractivity contribution in [1.29, 1.82) is 0 Å². The molecule has 0 unspecified atom stereocenters. The molecule has 0 aliphatic heterocycles. The van der Waals surface area contributed by atoms with Crippen LogP contribution in [0.25, 0.3) is 0 Å². The van der Waals surface area contributed by atoms with E-state index in [-0.39, 0.29) is 23.3 Å². The number of ketones is 1. The number of anilines is 1. The second kappa shape index (κ2) is 8.79. The number of carbonyl (C=O) groups is 3. The fraction of sp³-hybridized carbons (Fsp3) is 0.0455. The number of nitrogens with two attached hydrogens (primary N) is 1. The lowest BCUT2D eigenvalue weighted by atomic mass is 9.98. The van der Waals surface area contributed by atoms with Crippen molar-refractivity contribution in [2.75, 3.05) is 11.9 Å². The largest absolute Gasteiger partial charge is 0.484 e. The normalized spacial score (nSPS) is 10.2.